The number of carbonyl (C=O) groups is 1. The zero-order valence-electron chi connectivity index (χ0n) is 9.37. The predicted octanol–water partition coefficient (Wildman–Crippen LogP) is 0.233. The van der Waals surface area contributed by atoms with E-state index in [1.54, 1.807) is 0 Å². The van der Waals surface area contributed by atoms with Crippen molar-refractivity contribution in [2.24, 2.45) is 5.92 Å². The lowest BCUT2D eigenvalue weighted by atomic mass is 10.2. The average molecular weight is 212 g/mol. The maximum atomic E-state index is 11.6. The van der Waals surface area contributed by atoms with Gasteiger partial charge in [0, 0.05) is 32.6 Å². The molecular formula is C11H20N2O2. The normalized spacial score (nSPS) is 26.3. The molecule has 0 radical (unpaired) electrons. The van der Waals surface area contributed by atoms with Gasteiger partial charge in [-0.25, -0.2) is 0 Å². The molecule has 1 aliphatic carbocycles. The highest BCUT2D eigenvalue weighted by Gasteiger charge is 2.32. The summed E-state index contributed by atoms with van der Waals surface area (Å²) >= 11 is 0. The summed E-state index contributed by atoms with van der Waals surface area (Å²) in [4.78, 5) is 13.5. The molecule has 1 atom stereocenters. The highest BCUT2D eigenvalue weighted by molar-refractivity contribution is 5.80. The predicted molar refractivity (Wildman–Crippen MR) is 57.6 cm³/mol. The third-order valence-corrected chi connectivity index (χ3v) is 3.09. The largest absolute Gasteiger partial charge is 0.376 e. The van der Waals surface area contributed by atoms with Crippen LogP contribution in [0.15, 0.2) is 0 Å². The lowest BCUT2D eigenvalue weighted by Crippen LogP contribution is -2.41. The maximum Gasteiger partial charge on any atom is 0.225 e. The van der Waals surface area contributed by atoms with Crippen LogP contribution in [-0.4, -0.2) is 50.2 Å². The molecule has 0 aromatic rings. The van der Waals surface area contributed by atoms with Gasteiger partial charge in [-0.05, 0) is 19.3 Å². The van der Waals surface area contributed by atoms with Crippen molar-refractivity contribution in [3.63, 3.8) is 0 Å². The molecule has 15 heavy (non-hydrogen) atoms. The lowest BCUT2D eigenvalue weighted by molar-refractivity contribution is -0.131. The summed E-state index contributed by atoms with van der Waals surface area (Å²) in [5.41, 5.74) is 0. The maximum absolute atomic E-state index is 11.6. The highest BCUT2D eigenvalue weighted by atomic mass is 16.5. The second kappa shape index (κ2) is 4.94. The summed E-state index contributed by atoms with van der Waals surface area (Å²) in [6.07, 6.45) is 3.41. The fourth-order valence-electron chi connectivity index (χ4n) is 1.89. The Kier molecular flexibility index (Phi) is 3.59. The Morgan fingerprint density at radius 1 is 1.53 bits per heavy atom. The second-order valence-corrected chi connectivity index (χ2v) is 4.52. The molecule has 86 valence electrons. The Balaban J connectivity index is 1.65. The van der Waals surface area contributed by atoms with Crippen LogP contribution in [0.5, 0.6) is 0 Å². The molecule has 2 aliphatic rings. The first-order valence-corrected chi connectivity index (χ1v) is 5.84. The number of carbonyl (C=O) groups excluding carboxylic acids is 1. The Labute approximate surface area is 91.0 Å². The van der Waals surface area contributed by atoms with Crippen LogP contribution in [0.25, 0.3) is 0 Å². The van der Waals surface area contributed by atoms with E-state index >= 15 is 0 Å². The summed E-state index contributed by atoms with van der Waals surface area (Å²) in [7, 11) is 1.90. The van der Waals surface area contributed by atoms with E-state index in [9.17, 15) is 4.79 Å². The molecule has 1 aliphatic heterocycles. The lowest BCUT2D eigenvalue weighted by Gasteiger charge is -2.26. The summed E-state index contributed by atoms with van der Waals surface area (Å²) in [5.74, 6) is 0.652. The fourth-order valence-corrected chi connectivity index (χ4v) is 1.89. The summed E-state index contributed by atoms with van der Waals surface area (Å²) < 4.78 is 5.58. The molecular weight excluding hydrogens is 192 g/mol. The van der Waals surface area contributed by atoms with Gasteiger partial charge in [-0.1, -0.05) is 0 Å². The van der Waals surface area contributed by atoms with Crippen molar-refractivity contribution in [2.45, 2.75) is 25.4 Å². The fraction of sp³-hybridized carbons (Fsp3) is 0.909. The molecule has 1 amide bonds. The monoisotopic (exact) mass is 212 g/mol. The van der Waals surface area contributed by atoms with Gasteiger partial charge in [0.15, 0.2) is 0 Å². The SMILES string of the molecule is CN(CCC1CNCCO1)C(=O)C1CC1. The van der Waals surface area contributed by atoms with Crippen molar-refractivity contribution in [2.75, 3.05) is 33.3 Å². The van der Waals surface area contributed by atoms with Gasteiger partial charge in [0.1, 0.15) is 0 Å². The van der Waals surface area contributed by atoms with Crippen LogP contribution in [0.3, 0.4) is 0 Å². The standard InChI is InChI=1S/C11H20N2O2/c1-13(11(14)9-2-3-9)6-4-10-8-12-5-7-15-10/h9-10,12H,2-8H2,1H3. The number of nitrogens with zero attached hydrogens (tertiary/aromatic N) is 1. The smallest absolute Gasteiger partial charge is 0.225 e. The summed E-state index contributed by atoms with van der Waals surface area (Å²) in [6, 6.07) is 0. The van der Waals surface area contributed by atoms with E-state index in [4.69, 9.17) is 4.74 Å². The first-order chi connectivity index (χ1) is 7.27. The van der Waals surface area contributed by atoms with Gasteiger partial charge in [0.25, 0.3) is 0 Å². The first kappa shape index (κ1) is 10.9. The molecule has 1 heterocycles. The minimum Gasteiger partial charge on any atom is -0.376 e. The Hall–Kier alpha value is -0.610. The van der Waals surface area contributed by atoms with Gasteiger partial charge in [-0.15, -0.1) is 0 Å². The molecule has 0 spiro atoms. The molecule has 4 heteroatoms. The summed E-state index contributed by atoms with van der Waals surface area (Å²) in [6.45, 7) is 3.49. The van der Waals surface area contributed by atoms with Crippen LogP contribution >= 0.6 is 0 Å². The Morgan fingerprint density at radius 2 is 2.33 bits per heavy atom. The quantitative estimate of drug-likeness (QED) is 0.725. The van der Waals surface area contributed by atoms with E-state index in [1.807, 2.05) is 11.9 Å². The van der Waals surface area contributed by atoms with Crippen LogP contribution in [0.2, 0.25) is 0 Å². The molecule has 4 nitrogen and oxygen atoms in total. The average Bonchev–Trinajstić information content (AvgIpc) is 3.10. The van der Waals surface area contributed by atoms with Gasteiger partial charge in [-0.2, -0.15) is 0 Å². The third-order valence-electron chi connectivity index (χ3n) is 3.09. The van der Waals surface area contributed by atoms with Crippen LogP contribution in [0.4, 0.5) is 0 Å². The molecule has 2 rings (SSSR count). The minimum absolute atomic E-state index is 0.285. The number of hydrogen-bond donors (Lipinski definition) is 1. The van der Waals surface area contributed by atoms with E-state index in [0.717, 1.165) is 45.5 Å². The van der Waals surface area contributed by atoms with Crippen LogP contribution < -0.4 is 5.32 Å². The van der Waals surface area contributed by atoms with E-state index < -0.39 is 0 Å². The van der Waals surface area contributed by atoms with Crippen molar-refractivity contribution in [3.8, 4) is 0 Å². The van der Waals surface area contributed by atoms with E-state index in [0.29, 0.717) is 11.8 Å². The van der Waals surface area contributed by atoms with Gasteiger partial charge in [0.05, 0.1) is 12.7 Å². The molecule has 1 saturated carbocycles. The van der Waals surface area contributed by atoms with Crippen molar-refractivity contribution in [1.82, 2.24) is 10.2 Å². The van der Waals surface area contributed by atoms with Crippen LogP contribution in [-0.2, 0) is 9.53 Å². The minimum atomic E-state index is 0.285. The Morgan fingerprint density at radius 3 is 2.93 bits per heavy atom. The molecule has 1 unspecified atom stereocenters. The topological polar surface area (TPSA) is 41.6 Å². The molecule has 0 aromatic heterocycles. The number of nitrogens with one attached hydrogen (secondary N) is 1. The van der Waals surface area contributed by atoms with Gasteiger partial charge >= 0.3 is 0 Å². The molecule has 0 aromatic carbocycles. The Bertz CT molecular complexity index is 223. The molecule has 2 fully saturated rings. The number of rotatable bonds is 4. The second-order valence-electron chi connectivity index (χ2n) is 4.52. The van der Waals surface area contributed by atoms with E-state index in [1.165, 1.54) is 0 Å². The number of amides is 1. The zero-order valence-corrected chi connectivity index (χ0v) is 9.37. The van der Waals surface area contributed by atoms with Gasteiger partial charge in [0.2, 0.25) is 5.91 Å². The van der Waals surface area contributed by atoms with Gasteiger partial charge in [-0.3, -0.25) is 4.79 Å². The molecule has 0 bridgehead atoms. The number of ether oxygens (including phenoxy) is 1. The number of hydrogen-bond acceptors (Lipinski definition) is 3. The number of morpholine rings is 1. The van der Waals surface area contributed by atoms with E-state index in [2.05, 4.69) is 5.32 Å². The van der Waals surface area contributed by atoms with Crippen molar-refractivity contribution in [1.29, 1.82) is 0 Å². The van der Waals surface area contributed by atoms with E-state index in [-0.39, 0.29) is 6.10 Å². The van der Waals surface area contributed by atoms with Crippen molar-refractivity contribution < 1.29 is 9.53 Å². The third kappa shape index (κ3) is 3.18. The highest BCUT2D eigenvalue weighted by Crippen LogP contribution is 2.30. The molecule has 1 N–H and O–H groups in total. The van der Waals surface area contributed by atoms with Gasteiger partial charge < -0.3 is 15.0 Å². The van der Waals surface area contributed by atoms with Crippen molar-refractivity contribution >= 4 is 5.91 Å². The zero-order chi connectivity index (χ0) is 10.7. The summed E-state index contributed by atoms with van der Waals surface area (Å²) in [5, 5.41) is 3.29. The van der Waals surface area contributed by atoms with Crippen LogP contribution in [0, 0.1) is 5.92 Å². The van der Waals surface area contributed by atoms with Crippen LogP contribution in [0.1, 0.15) is 19.3 Å². The van der Waals surface area contributed by atoms with Crippen molar-refractivity contribution in [3.05, 3.63) is 0 Å². The molecule has 1 saturated heterocycles. The first-order valence-electron chi connectivity index (χ1n) is 5.84.